The summed E-state index contributed by atoms with van der Waals surface area (Å²) in [6, 6.07) is 4.08. The van der Waals surface area contributed by atoms with Crippen LogP contribution in [0.1, 0.15) is 49.3 Å². The van der Waals surface area contributed by atoms with Crippen LogP contribution < -0.4 is 0 Å². The number of carbonyl (C=O) groups is 1. The summed E-state index contributed by atoms with van der Waals surface area (Å²) in [4.78, 5) is 16.6. The number of ketones is 1. The maximum Gasteiger partial charge on any atom is 0.142 e. The van der Waals surface area contributed by atoms with E-state index in [0.717, 1.165) is 25.0 Å². The lowest BCUT2D eigenvalue weighted by atomic mass is 9.79. The minimum atomic E-state index is 0.108. The minimum Gasteiger partial charge on any atom is -0.299 e. The molecule has 2 nitrogen and oxygen atoms in total. The third-order valence-corrected chi connectivity index (χ3v) is 4.06. The molecule has 2 aliphatic carbocycles. The van der Waals surface area contributed by atoms with Crippen LogP contribution in [0.15, 0.2) is 18.3 Å². The van der Waals surface area contributed by atoms with E-state index >= 15 is 0 Å². The van der Waals surface area contributed by atoms with E-state index < -0.39 is 0 Å². The fraction of sp³-hybridized carbons (Fsp3) is 0.571. The lowest BCUT2D eigenvalue weighted by Gasteiger charge is -2.25. The molecule has 1 unspecified atom stereocenters. The molecule has 0 aromatic carbocycles. The van der Waals surface area contributed by atoms with E-state index in [1.54, 1.807) is 0 Å². The van der Waals surface area contributed by atoms with Crippen LogP contribution in [0.5, 0.6) is 0 Å². The van der Waals surface area contributed by atoms with Gasteiger partial charge in [-0.25, -0.2) is 0 Å². The molecule has 1 saturated carbocycles. The highest BCUT2D eigenvalue weighted by molar-refractivity contribution is 5.86. The van der Waals surface area contributed by atoms with Crippen molar-refractivity contribution in [2.24, 2.45) is 5.92 Å². The van der Waals surface area contributed by atoms with E-state index in [-0.39, 0.29) is 5.92 Å². The molecular weight excluding hydrogens is 198 g/mol. The third kappa shape index (κ3) is 1.66. The van der Waals surface area contributed by atoms with E-state index in [1.807, 2.05) is 12.3 Å². The van der Waals surface area contributed by atoms with Gasteiger partial charge in [-0.3, -0.25) is 9.78 Å². The summed E-state index contributed by atoms with van der Waals surface area (Å²) in [5, 5.41) is 0. The summed E-state index contributed by atoms with van der Waals surface area (Å²) >= 11 is 0. The van der Waals surface area contributed by atoms with E-state index in [2.05, 4.69) is 11.1 Å². The van der Waals surface area contributed by atoms with Crippen LogP contribution in [0.3, 0.4) is 0 Å². The van der Waals surface area contributed by atoms with Crippen molar-refractivity contribution in [1.29, 1.82) is 0 Å². The number of hydrogen-bond donors (Lipinski definition) is 0. The Morgan fingerprint density at radius 3 is 3.00 bits per heavy atom. The second-order valence-electron chi connectivity index (χ2n) is 5.11. The molecule has 84 valence electrons. The maximum absolute atomic E-state index is 12.2. The number of aryl methyl sites for hydroxylation is 1. The number of fused-ring (bicyclic) bond motifs is 1. The average molecular weight is 215 g/mol. The zero-order valence-electron chi connectivity index (χ0n) is 9.48. The van der Waals surface area contributed by atoms with Crippen LogP contribution >= 0.6 is 0 Å². The van der Waals surface area contributed by atoms with E-state index in [0.29, 0.717) is 11.7 Å². The van der Waals surface area contributed by atoms with E-state index in [4.69, 9.17) is 0 Å². The predicted molar refractivity (Wildman–Crippen MR) is 62.3 cm³/mol. The number of Topliss-reactive ketones (excluding diaryl/α,β-unsaturated/α-hetero) is 1. The van der Waals surface area contributed by atoms with E-state index in [9.17, 15) is 4.79 Å². The molecule has 0 radical (unpaired) electrons. The summed E-state index contributed by atoms with van der Waals surface area (Å²) < 4.78 is 0. The first kappa shape index (κ1) is 10.0. The molecule has 2 heteroatoms. The van der Waals surface area contributed by atoms with Gasteiger partial charge in [0.15, 0.2) is 0 Å². The first-order valence-electron chi connectivity index (χ1n) is 6.31. The molecule has 16 heavy (non-hydrogen) atoms. The molecule has 1 heterocycles. The molecule has 0 N–H and O–H groups in total. The number of nitrogens with zero attached hydrogens (tertiary/aromatic N) is 1. The Balaban J connectivity index is 1.73. The molecular formula is C14H17NO. The third-order valence-electron chi connectivity index (χ3n) is 4.06. The van der Waals surface area contributed by atoms with Crippen molar-refractivity contribution in [2.75, 3.05) is 0 Å². The molecule has 0 bridgehead atoms. The quantitative estimate of drug-likeness (QED) is 0.776. The Bertz CT molecular complexity index is 409. The van der Waals surface area contributed by atoms with Crippen LogP contribution in [-0.4, -0.2) is 10.8 Å². The number of pyridine rings is 1. The Labute approximate surface area is 96.1 Å². The number of hydrogen-bond acceptors (Lipinski definition) is 2. The van der Waals surface area contributed by atoms with Crippen LogP contribution in [0.2, 0.25) is 0 Å². The van der Waals surface area contributed by atoms with Gasteiger partial charge in [0.05, 0.1) is 11.6 Å². The summed E-state index contributed by atoms with van der Waals surface area (Å²) in [5.74, 6) is 1.22. The van der Waals surface area contributed by atoms with Crippen molar-refractivity contribution < 1.29 is 4.79 Å². The smallest absolute Gasteiger partial charge is 0.142 e. The highest BCUT2D eigenvalue weighted by atomic mass is 16.1. The second kappa shape index (κ2) is 4.00. The SMILES string of the molecule is O=C(CC1CCC1)C1CCc2cccnc21. The molecule has 0 spiro atoms. The molecule has 0 aliphatic heterocycles. The summed E-state index contributed by atoms with van der Waals surface area (Å²) in [5.41, 5.74) is 2.35. The lowest BCUT2D eigenvalue weighted by Crippen LogP contribution is -2.20. The van der Waals surface area contributed by atoms with Crippen LogP contribution in [0.4, 0.5) is 0 Å². The molecule has 1 aromatic heterocycles. The fourth-order valence-corrected chi connectivity index (χ4v) is 2.85. The number of carbonyl (C=O) groups excluding carboxylic acids is 1. The van der Waals surface area contributed by atoms with Gasteiger partial charge in [0.2, 0.25) is 0 Å². The molecule has 0 saturated heterocycles. The Hall–Kier alpha value is -1.18. The zero-order chi connectivity index (χ0) is 11.0. The maximum atomic E-state index is 12.2. The number of aromatic nitrogens is 1. The molecule has 1 fully saturated rings. The zero-order valence-corrected chi connectivity index (χ0v) is 9.48. The van der Waals surface area contributed by atoms with Gasteiger partial charge >= 0.3 is 0 Å². The topological polar surface area (TPSA) is 30.0 Å². The highest BCUT2D eigenvalue weighted by Gasteiger charge is 2.31. The van der Waals surface area contributed by atoms with Crippen molar-refractivity contribution in [3.8, 4) is 0 Å². The second-order valence-corrected chi connectivity index (χ2v) is 5.11. The summed E-state index contributed by atoms with van der Waals surface area (Å²) in [6.45, 7) is 0. The minimum absolute atomic E-state index is 0.108. The predicted octanol–water partition coefficient (Wildman–Crippen LogP) is 2.87. The van der Waals surface area contributed by atoms with Gasteiger partial charge in [-0.05, 0) is 30.4 Å². The van der Waals surface area contributed by atoms with Gasteiger partial charge in [-0.15, -0.1) is 0 Å². The fourth-order valence-electron chi connectivity index (χ4n) is 2.85. The van der Waals surface area contributed by atoms with Gasteiger partial charge in [0, 0.05) is 12.6 Å². The normalized spacial score (nSPS) is 23.9. The lowest BCUT2D eigenvalue weighted by molar-refractivity contribution is -0.122. The monoisotopic (exact) mass is 215 g/mol. The van der Waals surface area contributed by atoms with Gasteiger partial charge in [-0.1, -0.05) is 25.3 Å². The number of rotatable bonds is 3. The molecule has 3 rings (SSSR count). The van der Waals surface area contributed by atoms with Gasteiger partial charge in [-0.2, -0.15) is 0 Å². The first-order chi connectivity index (χ1) is 7.84. The molecule has 1 aromatic rings. The van der Waals surface area contributed by atoms with Crippen molar-refractivity contribution in [3.63, 3.8) is 0 Å². The van der Waals surface area contributed by atoms with Gasteiger partial charge in [0.25, 0.3) is 0 Å². The Morgan fingerprint density at radius 2 is 2.25 bits per heavy atom. The van der Waals surface area contributed by atoms with Crippen molar-refractivity contribution >= 4 is 5.78 Å². The summed E-state index contributed by atoms with van der Waals surface area (Å²) in [7, 11) is 0. The van der Waals surface area contributed by atoms with Crippen molar-refractivity contribution in [3.05, 3.63) is 29.6 Å². The van der Waals surface area contributed by atoms with E-state index in [1.165, 1.54) is 24.8 Å². The molecule has 1 atom stereocenters. The molecule has 0 amide bonds. The Morgan fingerprint density at radius 1 is 1.38 bits per heavy atom. The van der Waals surface area contributed by atoms with Gasteiger partial charge in [0.1, 0.15) is 5.78 Å². The molecule has 2 aliphatic rings. The largest absolute Gasteiger partial charge is 0.299 e. The van der Waals surface area contributed by atoms with Gasteiger partial charge < -0.3 is 0 Å². The van der Waals surface area contributed by atoms with Crippen molar-refractivity contribution in [2.45, 2.75) is 44.4 Å². The van der Waals surface area contributed by atoms with Crippen molar-refractivity contribution in [1.82, 2.24) is 4.98 Å². The van der Waals surface area contributed by atoms with Crippen LogP contribution in [-0.2, 0) is 11.2 Å². The standard InChI is InChI=1S/C14H17NO/c16-13(9-10-3-1-4-10)12-7-6-11-5-2-8-15-14(11)12/h2,5,8,10,12H,1,3-4,6-7,9H2. The highest BCUT2D eigenvalue weighted by Crippen LogP contribution is 2.36. The Kier molecular flexibility index (Phi) is 2.50. The van der Waals surface area contributed by atoms with Crippen LogP contribution in [0, 0.1) is 5.92 Å². The van der Waals surface area contributed by atoms with Crippen LogP contribution in [0.25, 0.3) is 0 Å². The summed E-state index contributed by atoms with van der Waals surface area (Å²) in [6.07, 6.45) is 8.45. The average Bonchev–Trinajstić information content (AvgIpc) is 2.67. The first-order valence-corrected chi connectivity index (χ1v) is 6.31.